The third-order valence-electron chi connectivity index (χ3n) is 2.94. The first-order chi connectivity index (χ1) is 7.75. The number of hydrogen-bond donors (Lipinski definition) is 1. The highest BCUT2D eigenvalue weighted by molar-refractivity contribution is 5.74. The first kappa shape index (κ1) is 11.0. The molecule has 4 heteroatoms. The summed E-state index contributed by atoms with van der Waals surface area (Å²) >= 11 is 0. The van der Waals surface area contributed by atoms with E-state index in [1.165, 1.54) is 6.42 Å². The van der Waals surface area contributed by atoms with Crippen molar-refractivity contribution in [2.45, 2.75) is 26.3 Å². The van der Waals surface area contributed by atoms with Crippen LogP contribution in [0.2, 0.25) is 0 Å². The third kappa shape index (κ3) is 2.78. The maximum atomic E-state index is 11.8. The second-order valence-corrected chi connectivity index (χ2v) is 4.43. The zero-order valence-corrected chi connectivity index (χ0v) is 9.61. The van der Waals surface area contributed by atoms with Crippen molar-refractivity contribution in [1.29, 1.82) is 0 Å². The standard InChI is InChI=1S/C12H18N2O2/c1-10-4-2-6-14(9-10)12(15)13-8-11-5-3-7-16-11/h3,5,7,10H,2,4,6,8-9H2,1H3,(H,13,15). The molecular formula is C12H18N2O2. The summed E-state index contributed by atoms with van der Waals surface area (Å²) in [4.78, 5) is 13.7. The van der Waals surface area contributed by atoms with Gasteiger partial charge in [0, 0.05) is 13.1 Å². The minimum absolute atomic E-state index is 0.0166. The molecule has 0 saturated carbocycles. The van der Waals surface area contributed by atoms with Crippen molar-refractivity contribution in [1.82, 2.24) is 10.2 Å². The first-order valence-corrected chi connectivity index (χ1v) is 5.81. The van der Waals surface area contributed by atoms with Crippen LogP contribution in [0.15, 0.2) is 22.8 Å². The second kappa shape index (κ2) is 5.05. The van der Waals surface area contributed by atoms with E-state index in [4.69, 9.17) is 4.42 Å². The highest BCUT2D eigenvalue weighted by Crippen LogP contribution is 2.15. The highest BCUT2D eigenvalue weighted by Gasteiger charge is 2.20. The number of amides is 2. The van der Waals surface area contributed by atoms with E-state index in [0.29, 0.717) is 12.5 Å². The van der Waals surface area contributed by atoms with E-state index in [9.17, 15) is 4.79 Å². The molecule has 1 aromatic heterocycles. The van der Waals surface area contributed by atoms with Crippen LogP contribution in [-0.4, -0.2) is 24.0 Å². The number of carbonyl (C=O) groups excluding carboxylic acids is 1. The lowest BCUT2D eigenvalue weighted by Crippen LogP contribution is -2.44. The number of nitrogens with zero attached hydrogens (tertiary/aromatic N) is 1. The number of nitrogens with one attached hydrogen (secondary N) is 1. The Labute approximate surface area is 95.6 Å². The van der Waals surface area contributed by atoms with E-state index in [0.717, 1.165) is 25.3 Å². The average molecular weight is 222 g/mol. The molecule has 1 aliphatic heterocycles. The maximum Gasteiger partial charge on any atom is 0.317 e. The van der Waals surface area contributed by atoms with Crippen LogP contribution in [0.25, 0.3) is 0 Å². The molecule has 2 amide bonds. The summed E-state index contributed by atoms with van der Waals surface area (Å²) in [6.07, 6.45) is 3.95. The molecular weight excluding hydrogens is 204 g/mol. The number of piperidine rings is 1. The van der Waals surface area contributed by atoms with Gasteiger partial charge in [-0.3, -0.25) is 0 Å². The number of urea groups is 1. The van der Waals surface area contributed by atoms with Crippen LogP contribution in [0.3, 0.4) is 0 Å². The lowest BCUT2D eigenvalue weighted by Gasteiger charge is -2.30. The highest BCUT2D eigenvalue weighted by atomic mass is 16.3. The fourth-order valence-electron chi connectivity index (χ4n) is 2.06. The van der Waals surface area contributed by atoms with E-state index in [2.05, 4.69) is 12.2 Å². The average Bonchev–Trinajstić information content (AvgIpc) is 2.78. The molecule has 1 aliphatic rings. The van der Waals surface area contributed by atoms with Gasteiger partial charge in [0.25, 0.3) is 0 Å². The lowest BCUT2D eigenvalue weighted by molar-refractivity contribution is 0.168. The predicted molar refractivity (Wildman–Crippen MR) is 60.9 cm³/mol. The second-order valence-electron chi connectivity index (χ2n) is 4.43. The molecule has 0 radical (unpaired) electrons. The normalized spacial score (nSPS) is 20.8. The third-order valence-corrected chi connectivity index (χ3v) is 2.94. The van der Waals surface area contributed by atoms with Crippen molar-refractivity contribution in [2.24, 2.45) is 5.92 Å². The number of likely N-dealkylation sites (tertiary alicyclic amines) is 1. The molecule has 1 atom stereocenters. The minimum atomic E-state index is 0.0166. The smallest absolute Gasteiger partial charge is 0.317 e. The van der Waals surface area contributed by atoms with Crippen LogP contribution in [0.1, 0.15) is 25.5 Å². The Morgan fingerprint density at radius 3 is 3.25 bits per heavy atom. The molecule has 2 rings (SSSR count). The fraction of sp³-hybridized carbons (Fsp3) is 0.583. The number of rotatable bonds is 2. The van der Waals surface area contributed by atoms with Crippen molar-refractivity contribution < 1.29 is 9.21 Å². The Kier molecular flexibility index (Phi) is 3.49. The van der Waals surface area contributed by atoms with E-state index in [1.54, 1.807) is 6.26 Å². The number of carbonyl (C=O) groups is 1. The van der Waals surface area contributed by atoms with Gasteiger partial charge in [-0.25, -0.2) is 4.79 Å². The van der Waals surface area contributed by atoms with E-state index in [1.807, 2.05) is 17.0 Å². The van der Waals surface area contributed by atoms with E-state index < -0.39 is 0 Å². The van der Waals surface area contributed by atoms with Gasteiger partial charge in [0.05, 0.1) is 12.8 Å². The quantitative estimate of drug-likeness (QED) is 0.834. The summed E-state index contributed by atoms with van der Waals surface area (Å²) in [6, 6.07) is 3.70. The molecule has 0 aromatic carbocycles. The molecule has 2 heterocycles. The molecule has 0 aliphatic carbocycles. The van der Waals surface area contributed by atoms with Crippen LogP contribution < -0.4 is 5.32 Å². The van der Waals surface area contributed by atoms with Crippen molar-refractivity contribution in [3.05, 3.63) is 24.2 Å². The van der Waals surface area contributed by atoms with Crippen molar-refractivity contribution in [2.75, 3.05) is 13.1 Å². The topological polar surface area (TPSA) is 45.5 Å². The summed E-state index contributed by atoms with van der Waals surface area (Å²) in [5.41, 5.74) is 0. The largest absolute Gasteiger partial charge is 0.467 e. The predicted octanol–water partition coefficient (Wildman–Crippen LogP) is 2.22. The fourth-order valence-corrected chi connectivity index (χ4v) is 2.06. The van der Waals surface area contributed by atoms with E-state index >= 15 is 0 Å². The zero-order valence-electron chi connectivity index (χ0n) is 9.61. The molecule has 0 spiro atoms. The van der Waals surface area contributed by atoms with Crippen molar-refractivity contribution >= 4 is 6.03 Å². The van der Waals surface area contributed by atoms with Crippen LogP contribution >= 0.6 is 0 Å². The van der Waals surface area contributed by atoms with Gasteiger partial charge in [0.1, 0.15) is 5.76 Å². The molecule has 1 N–H and O–H groups in total. The van der Waals surface area contributed by atoms with Gasteiger partial charge in [-0.2, -0.15) is 0 Å². The van der Waals surface area contributed by atoms with Gasteiger partial charge in [0.2, 0.25) is 0 Å². The molecule has 1 fully saturated rings. The van der Waals surface area contributed by atoms with Gasteiger partial charge in [0.15, 0.2) is 0 Å². The van der Waals surface area contributed by atoms with Gasteiger partial charge in [-0.05, 0) is 30.9 Å². The van der Waals surface area contributed by atoms with Crippen LogP contribution in [0.4, 0.5) is 4.79 Å². The Morgan fingerprint density at radius 2 is 2.56 bits per heavy atom. The summed E-state index contributed by atoms with van der Waals surface area (Å²) in [7, 11) is 0. The SMILES string of the molecule is CC1CCCN(C(=O)NCc2ccco2)C1. The Balaban J connectivity index is 1.79. The van der Waals surface area contributed by atoms with E-state index in [-0.39, 0.29) is 6.03 Å². The Morgan fingerprint density at radius 1 is 1.69 bits per heavy atom. The Hall–Kier alpha value is -1.45. The lowest BCUT2D eigenvalue weighted by atomic mass is 10.0. The Bertz CT molecular complexity index is 335. The zero-order chi connectivity index (χ0) is 11.4. The molecule has 1 aromatic rings. The van der Waals surface area contributed by atoms with Crippen LogP contribution in [0.5, 0.6) is 0 Å². The molecule has 88 valence electrons. The summed E-state index contributed by atoms with van der Waals surface area (Å²) in [5, 5.41) is 2.87. The maximum absolute atomic E-state index is 11.8. The number of hydrogen-bond acceptors (Lipinski definition) is 2. The van der Waals surface area contributed by atoms with Crippen molar-refractivity contribution in [3.63, 3.8) is 0 Å². The van der Waals surface area contributed by atoms with Gasteiger partial charge in [-0.1, -0.05) is 6.92 Å². The van der Waals surface area contributed by atoms with Crippen molar-refractivity contribution in [3.8, 4) is 0 Å². The molecule has 16 heavy (non-hydrogen) atoms. The van der Waals surface area contributed by atoms with Crippen LogP contribution in [0, 0.1) is 5.92 Å². The summed E-state index contributed by atoms with van der Waals surface area (Å²) in [5.74, 6) is 1.40. The van der Waals surface area contributed by atoms with Gasteiger partial charge in [-0.15, -0.1) is 0 Å². The summed E-state index contributed by atoms with van der Waals surface area (Å²) in [6.45, 7) is 4.39. The van der Waals surface area contributed by atoms with Gasteiger partial charge >= 0.3 is 6.03 Å². The summed E-state index contributed by atoms with van der Waals surface area (Å²) < 4.78 is 5.16. The monoisotopic (exact) mass is 222 g/mol. The molecule has 1 saturated heterocycles. The van der Waals surface area contributed by atoms with Crippen LogP contribution in [-0.2, 0) is 6.54 Å². The number of furan rings is 1. The van der Waals surface area contributed by atoms with Gasteiger partial charge < -0.3 is 14.6 Å². The first-order valence-electron chi connectivity index (χ1n) is 5.81. The molecule has 1 unspecified atom stereocenters. The molecule has 4 nitrogen and oxygen atoms in total. The minimum Gasteiger partial charge on any atom is -0.467 e. The molecule has 0 bridgehead atoms.